The number of aromatic nitrogens is 3. The second-order valence-corrected chi connectivity index (χ2v) is 5.00. The maximum Gasteiger partial charge on any atom is 0.228 e. The molecule has 1 N–H and O–H groups in total. The van der Waals surface area contributed by atoms with Crippen LogP contribution in [-0.4, -0.2) is 21.6 Å². The topological polar surface area (TPSA) is 59.9 Å². The van der Waals surface area contributed by atoms with Gasteiger partial charge in [-0.3, -0.25) is 0 Å². The second kappa shape index (κ2) is 5.44. The number of para-hydroxylation sites is 1. The molecule has 0 fully saturated rings. The molecule has 0 spiro atoms. The summed E-state index contributed by atoms with van der Waals surface area (Å²) in [5.74, 6) is 2.12. The quantitative estimate of drug-likeness (QED) is 0.785. The van der Waals surface area contributed by atoms with Gasteiger partial charge in [0.2, 0.25) is 5.95 Å². The summed E-state index contributed by atoms with van der Waals surface area (Å²) in [5.41, 5.74) is 3.01. The molecule has 5 nitrogen and oxygen atoms in total. The molecule has 4 rings (SSSR count). The fraction of sp³-hybridized carbons (Fsp3) is 0.118. The van der Waals surface area contributed by atoms with Crippen LogP contribution in [0.25, 0.3) is 11.3 Å². The Balaban J connectivity index is 1.76. The van der Waals surface area contributed by atoms with Crippen LogP contribution in [0, 0.1) is 0 Å². The molecule has 2 aromatic heterocycles. The van der Waals surface area contributed by atoms with E-state index in [1.54, 1.807) is 6.20 Å². The third kappa shape index (κ3) is 2.37. The molecule has 0 unspecified atom stereocenters. The van der Waals surface area contributed by atoms with Gasteiger partial charge in [0.05, 0.1) is 12.3 Å². The van der Waals surface area contributed by atoms with Crippen LogP contribution in [0.4, 0.5) is 11.8 Å². The van der Waals surface area contributed by atoms with E-state index in [2.05, 4.69) is 20.3 Å². The van der Waals surface area contributed by atoms with Gasteiger partial charge in [-0.1, -0.05) is 18.2 Å². The van der Waals surface area contributed by atoms with E-state index in [0.717, 1.165) is 34.8 Å². The molecule has 5 heteroatoms. The van der Waals surface area contributed by atoms with Crippen LogP contribution in [-0.2, 0) is 6.42 Å². The number of nitrogens with one attached hydrogen (secondary N) is 1. The molecule has 0 atom stereocenters. The molecule has 1 aliphatic rings. The minimum atomic E-state index is 0.536. The number of fused-ring (bicyclic) bond motifs is 3. The predicted molar refractivity (Wildman–Crippen MR) is 84.2 cm³/mol. The lowest BCUT2D eigenvalue weighted by atomic mass is 10.1. The number of hydrogen-bond acceptors (Lipinski definition) is 5. The van der Waals surface area contributed by atoms with Crippen molar-refractivity contribution in [1.82, 2.24) is 15.0 Å². The molecule has 0 saturated carbocycles. The van der Waals surface area contributed by atoms with Gasteiger partial charge in [0.15, 0.2) is 0 Å². The number of nitrogens with zero attached hydrogens (tertiary/aromatic N) is 3. The van der Waals surface area contributed by atoms with Gasteiger partial charge in [-0.25, -0.2) is 15.0 Å². The van der Waals surface area contributed by atoms with Crippen LogP contribution in [0.1, 0.15) is 5.56 Å². The number of rotatable bonds is 2. The van der Waals surface area contributed by atoms with Gasteiger partial charge in [0.1, 0.15) is 11.6 Å². The zero-order valence-electron chi connectivity index (χ0n) is 11.9. The highest BCUT2D eigenvalue weighted by Gasteiger charge is 2.17. The fourth-order valence-electron chi connectivity index (χ4n) is 2.49. The Kier molecular flexibility index (Phi) is 3.16. The molecule has 3 heterocycles. The zero-order valence-corrected chi connectivity index (χ0v) is 11.9. The van der Waals surface area contributed by atoms with Crippen molar-refractivity contribution in [3.8, 4) is 17.0 Å². The van der Waals surface area contributed by atoms with Gasteiger partial charge in [0.25, 0.3) is 0 Å². The molecule has 108 valence electrons. The van der Waals surface area contributed by atoms with Crippen molar-refractivity contribution < 1.29 is 4.74 Å². The first kappa shape index (κ1) is 12.8. The summed E-state index contributed by atoms with van der Waals surface area (Å²) >= 11 is 0. The van der Waals surface area contributed by atoms with Crippen LogP contribution in [0.15, 0.2) is 54.9 Å². The summed E-state index contributed by atoms with van der Waals surface area (Å²) in [5, 5.41) is 3.13. The summed E-state index contributed by atoms with van der Waals surface area (Å²) < 4.78 is 5.79. The van der Waals surface area contributed by atoms with Gasteiger partial charge in [0, 0.05) is 29.9 Å². The lowest BCUT2D eigenvalue weighted by Gasteiger charge is -2.09. The van der Waals surface area contributed by atoms with Crippen LogP contribution >= 0.6 is 0 Å². The number of pyridine rings is 1. The van der Waals surface area contributed by atoms with Gasteiger partial charge < -0.3 is 10.1 Å². The summed E-state index contributed by atoms with van der Waals surface area (Å²) in [6.07, 6.45) is 4.39. The number of hydrogen-bond donors (Lipinski definition) is 1. The standard InChI is InChI=1S/C17H14N4O/c1-2-6-14-13(5-1)16-12(8-10-22-14)11-19-17(21-16)20-15-7-3-4-9-18-15/h1-7,9,11H,8,10H2,(H,18,19,20,21). The van der Waals surface area contributed by atoms with Gasteiger partial charge in [-0.05, 0) is 24.3 Å². The van der Waals surface area contributed by atoms with Gasteiger partial charge >= 0.3 is 0 Å². The predicted octanol–water partition coefficient (Wildman–Crippen LogP) is 3.22. The Bertz CT molecular complexity index is 805. The van der Waals surface area contributed by atoms with Crippen molar-refractivity contribution in [2.75, 3.05) is 11.9 Å². The molecule has 1 aliphatic heterocycles. The molecule has 1 aromatic carbocycles. The lowest BCUT2D eigenvalue weighted by Crippen LogP contribution is -2.03. The Morgan fingerprint density at radius 3 is 2.82 bits per heavy atom. The summed E-state index contributed by atoms with van der Waals surface area (Å²) in [6.45, 7) is 0.639. The highest BCUT2D eigenvalue weighted by molar-refractivity contribution is 5.71. The van der Waals surface area contributed by atoms with E-state index in [9.17, 15) is 0 Å². The largest absolute Gasteiger partial charge is 0.493 e. The van der Waals surface area contributed by atoms with E-state index in [0.29, 0.717) is 12.6 Å². The fourth-order valence-corrected chi connectivity index (χ4v) is 2.49. The average Bonchev–Trinajstić information content (AvgIpc) is 2.75. The molecule has 0 aliphatic carbocycles. The molecular formula is C17H14N4O. The Morgan fingerprint density at radius 2 is 1.91 bits per heavy atom. The van der Waals surface area contributed by atoms with Crippen molar-refractivity contribution in [2.45, 2.75) is 6.42 Å². The first-order chi connectivity index (χ1) is 10.9. The third-order valence-corrected chi connectivity index (χ3v) is 3.54. The molecule has 0 amide bonds. The van der Waals surface area contributed by atoms with E-state index < -0.39 is 0 Å². The highest BCUT2D eigenvalue weighted by Crippen LogP contribution is 2.34. The summed E-state index contributed by atoms with van der Waals surface area (Å²) in [7, 11) is 0. The van der Waals surface area contributed by atoms with Crippen molar-refractivity contribution >= 4 is 11.8 Å². The number of ether oxygens (including phenoxy) is 1. The normalized spacial score (nSPS) is 12.5. The van der Waals surface area contributed by atoms with Gasteiger partial charge in [-0.15, -0.1) is 0 Å². The zero-order chi connectivity index (χ0) is 14.8. The van der Waals surface area contributed by atoms with Crippen molar-refractivity contribution in [1.29, 1.82) is 0 Å². The Labute approximate surface area is 128 Å². The maximum atomic E-state index is 5.79. The highest BCUT2D eigenvalue weighted by atomic mass is 16.5. The first-order valence-electron chi connectivity index (χ1n) is 7.16. The Morgan fingerprint density at radius 1 is 1.00 bits per heavy atom. The molecule has 0 bridgehead atoms. The minimum Gasteiger partial charge on any atom is -0.493 e. The lowest BCUT2D eigenvalue weighted by molar-refractivity contribution is 0.326. The third-order valence-electron chi connectivity index (χ3n) is 3.54. The average molecular weight is 290 g/mol. The second-order valence-electron chi connectivity index (χ2n) is 5.00. The van der Waals surface area contributed by atoms with E-state index in [1.807, 2.05) is 48.7 Å². The number of anilines is 2. The van der Waals surface area contributed by atoms with Gasteiger partial charge in [-0.2, -0.15) is 0 Å². The van der Waals surface area contributed by atoms with E-state index in [1.165, 1.54) is 0 Å². The van der Waals surface area contributed by atoms with Crippen LogP contribution in [0.5, 0.6) is 5.75 Å². The van der Waals surface area contributed by atoms with Crippen molar-refractivity contribution in [3.05, 3.63) is 60.4 Å². The molecule has 0 saturated heterocycles. The SMILES string of the molecule is c1ccc(Nc2ncc3c(n2)-c2ccccc2OCC3)nc1. The van der Waals surface area contributed by atoms with Crippen molar-refractivity contribution in [3.63, 3.8) is 0 Å². The first-order valence-corrected chi connectivity index (χ1v) is 7.16. The summed E-state index contributed by atoms with van der Waals surface area (Å²) in [6, 6.07) is 13.6. The molecule has 3 aromatic rings. The van der Waals surface area contributed by atoms with Crippen LogP contribution < -0.4 is 10.1 Å². The number of benzene rings is 1. The molecular weight excluding hydrogens is 276 g/mol. The van der Waals surface area contributed by atoms with Crippen LogP contribution in [0.3, 0.4) is 0 Å². The maximum absolute atomic E-state index is 5.79. The molecule has 0 radical (unpaired) electrons. The monoisotopic (exact) mass is 290 g/mol. The van der Waals surface area contributed by atoms with E-state index in [-0.39, 0.29) is 0 Å². The smallest absolute Gasteiger partial charge is 0.228 e. The van der Waals surface area contributed by atoms with Crippen LogP contribution in [0.2, 0.25) is 0 Å². The summed E-state index contributed by atoms with van der Waals surface area (Å²) in [4.78, 5) is 13.3. The molecule has 22 heavy (non-hydrogen) atoms. The Hall–Kier alpha value is -2.95. The van der Waals surface area contributed by atoms with E-state index in [4.69, 9.17) is 4.74 Å². The minimum absolute atomic E-state index is 0.536. The van der Waals surface area contributed by atoms with Crippen molar-refractivity contribution in [2.24, 2.45) is 0 Å². The van der Waals surface area contributed by atoms with E-state index >= 15 is 0 Å².